The van der Waals surface area contributed by atoms with Gasteiger partial charge in [-0.2, -0.15) is 0 Å². The molecule has 4 rings (SSSR count). The van der Waals surface area contributed by atoms with Gasteiger partial charge in [-0.05, 0) is 46.7 Å². The van der Waals surface area contributed by atoms with E-state index in [0.717, 1.165) is 12.0 Å². The van der Waals surface area contributed by atoms with E-state index in [-0.39, 0.29) is 17.1 Å². The molecule has 148 valence electrons. The number of halogens is 1. The maximum Gasteiger partial charge on any atom is 0.254 e. The quantitative estimate of drug-likeness (QED) is 0.535. The van der Waals surface area contributed by atoms with Gasteiger partial charge in [0.25, 0.3) is 5.91 Å². The van der Waals surface area contributed by atoms with Crippen LogP contribution in [-0.4, -0.2) is 17.4 Å². The van der Waals surface area contributed by atoms with E-state index in [2.05, 4.69) is 26.8 Å². The standard InChI is InChI=1S/C26H26FNO/c1-26(2,3)20-14-12-19(13-15-20)25(29)28-17-16-18-8-4-5-9-21(18)24(28)22-10-6-7-11-23(22)27/h4-15,24H,16-17H2,1-3H3. The Labute approximate surface area is 172 Å². The number of carbonyl (C=O) groups excluding carboxylic acids is 1. The van der Waals surface area contributed by atoms with Crippen molar-refractivity contribution in [2.45, 2.75) is 38.6 Å². The third-order valence-corrected chi connectivity index (χ3v) is 5.74. The SMILES string of the molecule is CC(C)(C)c1ccc(C(=O)N2CCc3ccccc3C2c2ccccc2F)cc1. The average Bonchev–Trinajstić information content (AvgIpc) is 2.72. The molecule has 1 unspecified atom stereocenters. The summed E-state index contributed by atoms with van der Waals surface area (Å²) in [7, 11) is 0. The molecule has 29 heavy (non-hydrogen) atoms. The van der Waals surface area contributed by atoms with Crippen molar-refractivity contribution < 1.29 is 9.18 Å². The first-order chi connectivity index (χ1) is 13.9. The number of rotatable bonds is 2. The van der Waals surface area contributed by atoms with Crippen LogP contribution in [0.3, 0.4) is 0 Å². The normalized spacial score (nSPS) is 16.4. The summed E-state index contributed by atoms with van der Waals surface area (Å²) in [6.45, 7) is 7.02. The van der Waals surface area contributed by atoms with E-state index in [1.165, 1.54) is 17.2 Å². The van der Waals surface area contributed by atoms with Crippen molar-refractivity contribution in [3.8, 4) is 0 Å². The van der Waals surface area contributed by atoms with Crippen LogP contribution in [-0.2, 0) is 11.8 Å². The number of carbonyl (C=O) groups is 1. The lowest BCUT2D eigenvalue weighted by atomic mass is 9.86. The molecule has 0 N–H and O–H groups in total. The first-order valence-corrected chi connectivity index (χ1v) is 10.1. The first kappa shape index (κ1) is 19.4. The van der Waals surface area contributed by atoms with E-state index in [1.807, 2.05) is 53.4 Å². The molecular weight excluding hydrogens is 361 g/mol. The highest BCUT2D eigenvalue weighted by Gasteiger charge is 2.33. The Morgan fingerprint density at radius 2 is 1.52 bits per heavy atom. The van der Waals surface area contributed by atoms with Crippen molar-refractivity contribution in [1.29, 1.82) is 0 Å². The van der Waals surface area contributed by atoms with Crippen molar-refractivity contribution in [3.05, 3.63) is 106 Å². The molecule has 0 saturated heterocycles. The molecule has 1 aliphatic rings. The second-order valence-corrected chi connectivity index (χ2v) is 8.70. The Balaban J connectivity index is 1.76. The lowest BCUT2D eigenvalue weighted by Crippen LogP contribution is -2.41. The van der Waals surface area contributed by atoms with Gasteiger partial charge in [0.2, 0.25) is 0 Å². The number of benzene rings is 3. The number of amides is 1. The van der Waals surface area contributed by atoms with Gasteiger partial charge in [0.1, 0.15) is 5.82 Å². The minimum absolute atomic E-state index is 0.0291. The molecule has 3 heteroatoms. The monoisotopic (exact) mass is 387 g/mol. The van der Waals surface area contributed by atoms with Crippen LogP contribution < -0.4 is 0 Å². The smallest absolute Gasteiger partial charge is 0.254 e. The topological polar surface area (TPSA) is 20.3 Å². The van der Waals surface area contributed by atoms with Crippen molar-refractivity contribution in [2.75, 3.05) is 6.54 Å². The van der Waals surface area contributed by atoms with Gasteiger partial charge in [-0.15, -0.1) is 0 Å². The molecule has 1 aliphatic heterocycles. The van der Waals surface area contributed by atoms with Gasteiger partial charge in [0.15, 0.2) is 0 Å². The second kappa shape index (κ2) is 7.47. The van der Waals surface area contributed by atoms with E-state index in [0.29, 0.717) is 17.7 Å². The summed E-state index contributed by atoms with van der Waals surface area (Å²) in [5.41, 5.74) is 4.57. The van der Waals surface area contributed by atoms with Gasteiger partial charge in [-0.3, -0.25) is 4.79 Å². The number of fused-ring (bicyclic) bond motifs is 1. The Bertz CT molecular complexity index is 1030. The minimum atomic E-state index is -0.420. The van der Waals surface area contributed by atoms with Gasteiger partial charge in [0, 0.05) is 17.7 Å². The number of hydrogen-bond donors (Lipinski definition) is 0. The molecule has 0 radical (unpaired) electrons. The summed E-state index contributed by atoms with van der Waals surface area (Å²) < 4.78 is 14.8. The zero-order chi connectivity index (χ0) is 20.6. The fraction of sp³-hybridized carbons (Fsp3) is 0.269. The summed E-state index contributed by atoms with van der Waals surface area (Å²) in [6, 6.07) is 22.2. The fourth-order valence-corrected chi connectivity index (χ4v) is 4.10. The Morgan fingerprint density at radius 3 is 2.17 bits per heavy atom. The zero-order valence-electron chi connectivity index (χ0n) is 17.2. The van der Waals surface area contributed by atoms with Crippen LogP contribution in [0.4, 0.5) is 4.39 Å². The molecule has 0 bridgehead atoms. The Morgan fingerprint density at radius 1 is 0.897 bits per heavy atom. The summed E-state index contributed by atoms with van der Waals surface area (Å²) in [5, 5.41) is 0. The molecule has 3 aromatic rings. The minimum Gasteiger partial charge on any atom is -0.327 e. The van der Waals surface area contributed by atoms with Crippen LogP contribution in [0.5, 0.6) is 0 Å². The van der Waals surface area contributed by atoms with Crippen LogP contribution in [0.2, 0.25) is 0 Å². The molecule has 1 atom stereocenters. The largest absolute Gasteiger partial charge is 0.327 e. The van der Waals surface area contributed by atoms with Gasteiger partial charge in [-0.1, -0.05) is 75.4 Å². The maximum atomic E-state index is 14.8. The summed E-state index contributed by atoms with van der Waals surface area (Å²) in [5.74, 6) is -0.344. The molecule has 2 nitrogen and oxygen atoms in total. The van der Waals surface area contributed by atoms with Crippen molar-refractivity contribution >= 4 is 5.91 Å². The lowest BCUT2D eigenvalue weighted by Gasteiger charge is -2.38. The predicted octanol–water partition coefficient (Wildman–Crippen LogP) is 5.91. The van der Waals surface area contributed by atoms with Crippen LogP contribution in [0.25, 0.3) is 0 Å². The fourth-order valence-electron chi connectivity index (χ4n) is 4.10. The zero-order valence-corrected chi connectivity index (χ0v) is 17.2. The summed E-state index contributed by atoms with van der Waals surface area (Å²) in [4.78, 5) is 15.3. The Kier molecular flexibility index (Phi) is 4.99. The summed E-state index contributed by atoms with van der Waals surface area (Å²) in [6.07, 6.45) is 0.771. The van der Waals surface area contributed by atoms with E-state index >= 15 is 0 Å². The Hall–Kier alpha value is -2.94. The average molecular weight is 387 g/mol. The van der Waals surface area contributed by atoms with Crippen molar-refractivity contribution in [1.82, 2.24) is 4.90 Å². The number of hydrogen-bond acceptors (Lipinski definition) is 1. The highest BCUT2D eigenvalue weighted by atomic mass is 19.1. The van der Waals surface area contributed by atoms with Gasteiger partial charge < -0.3 is 4.90 Å². The molecule has 0 aliphatic carbocycles. The van der Waals surface area contributed by atoms with E-state index < -0.39 is 6.04 Å². The highest BCUT2D eigenvalue weighted by Crippen LogP contribution is 2.37. The van der Waals surface area contributed by atoms with E-state index in [4.69, 9.17) is 0 Å². The van der Waals surface area contributed by atoms with E-state index in [1.54, 1.807) is 12.1 Å². The van der Waals surface area contributed by atoms with E-state index in [9.17, 15) is 9.18 Å². The molecule has 0 aromatic heterocycles. The molecule has 1 heterocycles. The summed E-state index contributed by atoms with van der Waals surface area (Å²) >= 11 is 0. The van der Waals surface area contributed by atoms with Gasteiger partial charge >= 0.3 is 0 Å². The third kappa shape index (κ3) is 3.69. The molecule has 0 spiro atoms. The number of nitrogens with zero attached hydrogens (tertiary/aromatic N) is 1. The predicted molar refractivity (Wildman–Crippen MR) is 115 cm³/mol. The molecule has 0 saturated carbocycles. The van der Waals surface area contributed by atoms with Crippen molar-refractivity contribution in [2.24, 2.45) is 0 Å². The molecule has 1 amide bonds. The van der Waals surface area contributed by atoms with Crippen molar-refractivity contribution in [3.63, 3.8) is 0 Å². The van der Waals surface area contributed by atoms with Crippen LogP contribution in [0.1, 0.15) is 59.4 Å². The van der Waals surface area contributed by atoms with Crippen LogP contribution in [0, 0.1) is 5.82 Å². The maximum absolute atomic E-state index is 14.8. The molecular formula is C26H26FNO. The first-order valence-electron chi connectivity index (χ1n) is 10.1. The molecule has 3 aromatic carbocycles. The lowest BCUT2D eigenvalue weighted by molar-refractivity contribution is 0.0692. The second-order valence-electron chi connectivity index (χ2n) is 8.70. The third-order valence-electron chi connectivity index (χ3n) is 5.74. The molecule has 0 fully saturated rings. The van der Waals surface area contributed by atoms with Crippen LogP contribution >= 0.6 is 0 Å². The van der Waals surface area contributed by atoms with Gasteiger partial charge in [0.05, 0.1) is 6.04 Å². The van der Waals surface area contributed by atoms with Gasteiger partial charge in [-0.25, -0.2) is 4.39 Å². The van der Waals surface area contributed by atoms with Crippen LogP contribution in [0.15, 0.2) is 72.8 Å². The highest BCUT2D eigenvalue weighted by molar-refractivity contribution is 5.95.